The molecule has 1 N–H and O–H groups in total. The fourth-order valence-corrected chi connectivity index (χ4v) is 3.77. The molecule has 1 unspecified atom stereocenters. The van der Waals surface area contributed by atoms with Crippen molar-refractivity contribution in [3.63, 3.8) is 0 Å². The highest BCUT2D eigenvalue weighted by molar-refractivity contribution is 9.10. The zero-order chi connectivity index (χ0) is 17.8. The Morgan fingerprint density at radius 3 is 2.96 bits per heavy atom. The van der Waals surface area contributed by atoms with Gasteiger partial charge in [-0.1, -0.05) is 22.0 Å². The molecule has 0 radical (unpaired) electrons. The predicted octanol–water partition coefficient (Wildman–Crippen LogP) is 3.45. The summed E-state index contributed by atoms with van der Waals surface area (Å²) in [6.07, 6.45) is 5.26. The van der Waals surface area contributed by atoms with E-state index in [1.807, 2.05) is 17.9 Å². The molecule has 1 aliphatic heterocycles. The van der Waals surface area contributed by atoms with E-state index in [9.17, 15) is 0 Å². The van der Waals surface area contributed by atoms with E-state index in [1.54, 1.807) is 0 Å². The Balaban J connectivity index is 1.70. The molecule has 2 aromatic rings. The quantitative estimate of drug-likeness (QED) is 0.627. The molecule has 1 fully saturated rings. The molecule has 134 valence electrons. The Morgan fingerprint density at radius 2 is 2.28 bits per heavy atom. The second-order valence-electron chi connectivity index (χ2n) is 6.62. The lowest BCUT2D eigenvalue weighted by Gasteiger charge is -2.21. The van der Waals surface area contributed by atoms with Gasteiger partial charge in [0.25, 0.3) is 0 Å². The van der Waals surface area contributed by atoms with Crippen molar-refractivity contribution in [2.75, 3.05) is 19.6 Å². The van der Waals surface area contributed by atoms with Gasteiger partial charge in [0.15, 0.2) is 5.96 Å². The van der Waals surface area contributed by atoms with Crippen molar-refractivity contribution in [3.8, 4) is 0 Å². The van der Waals surface area contributed by atoms with Crippen LogP contribution in [0.4, 0.5) is 0 Å². The minimum Gasteiger partial charge on any atom is -0.357 e. The van der Waals surface area contributed by atoms with Crippen LogP contribution in [0.5, 0.6) is 0 Å². The standard InChI is InChI=1S/C19H26BrN5/c1-4-21-19(22-10-15-5-6-18(20)9-14(15)2)25-8-7-16(13-25)17-11-23-24(3)12-17/h5-6,9,11-12,16H,4,7-8,10,13H2,1-3H3,(H,21,22). The molecule has 1 aliphatic rings. The van der Waals surface area contributed by atoms with Gasteiger partial charge >= 0.3 is 0 Å². The number of hydrogen-bond acceptors (Lipinski definition) is 2. The summed E-state index contributed by atoms with van der Waals surface area (Å²) >= 11 is 3.52. The molecule has 0 spiro atoms. The van der Waals surface area contributed by atoms with Crippen LogP contribution in [0.3, 0.4) is 0 Å². The highest BCUT2D eigenvalue weighted by Crippen LogP contribution is 2.26. The van der Waals surface area contributed by atoms with Crippen LogP contribution in [0.25, 0.3) is 0 Å². The van der Waals surface area contributed by atoms with Crippen molar-refractivity contribution in [1.29, 1.82) is 0 Å². The third-order valence-electron chi connectivity index (χ3n) is 4.72. The summed E-state index contributed by atoms with van der Waals surface area (Å²) in [6.45, 7) is 7.87. The first-order chi connectivity index (χ1) is 12.1. The van der Waals surface area contributed by atoms with Crippen LogP contribution in [-0.2, 0) is 13.6 Å². The van der Waals surface area contributed by atoms with E-state index in [-0.39, 0.29) is 0 Å². The van der Waals surface area contributed by atoms with E-state index >= 15 is 0 Å². The summed E-state index contributed by atoms with van der Waals surface area (Å²) in [6, 6.07) is 6.38. The molecule has 25 heavy (non-hydrogen) atoms. The number of nitrogens with one attached hydrogen (secondary N) is 1. The molecule has 1 aromatic carbocycles. The first kappa shape index (κ1) is 18.0. The van der Waals surface area contributed by atoms with Gasteiger partial charge in [-0.2, -0.15) is 5.10 Å². The molecule has 0 amide bonds. The fourth-order valence-electron chi connectivity index (χ4n) is 3.30. The van der Waals surface area contributed by atoms with Crippen molar-refractivity contribution in [2.24, 2.45) is 12.0 Å². The van der Waals surface area contributed by atoms with Crippen LogP contribution in [0.2, 0.25) is 0 Å². The largest absolute Gasteiger partial charge is 0.357 e. The predicted molar refractivity (Wildman–Crippen MR) is 106 cm³/mol. The summed E-state index contributed by atoms with van der Waals surface area (Å²) in [5.41, 5.74) is 3.86. The molecule has 0 aliphatic carbocycles. The van der Waals surface area contributed by atoms with E-state index in [0.29, 0.717) is 12.5 Å². The molecule has 5 nitrogen and oxygen atoms in total. The van der Waals surface area contributed by atoms with Crippen LogP contribution >= 0.6 is 15.9 Å². The highest BCUT2D eigenvalue weighted by atomic mass is 79.9. The van der Waals surface area contributed by atoms with Gasteiger partial charge in [-0.25, -0.2) is 4.99 Å². The number of benzene rings is 1. The second-order valence-corrected chi connectivity index (χ2v) is 7.54. The van der Waals surface area contributed by atoms with Gasteiger partial charge in [-0.05, 0) is 49.1 Å². The van der Waals surface area contributed by atoms with E-state index in [1.165, 1.54) is 16.7 Å². The van der Waals surface area contributed by atoms with Gasteiger partial charge in [-0.15, -0.1) is 0 Å². The van der Waals surface area contributed by atoms with Crippen LogP contribution < -0.4 is 5.32 Å². The summed E-state index contributed by atoms with van der Waals surface area (Å²) in [4.78, 5) is 7.26. The Hall–Kier alpha value is -1.82. The number of hydrogen-bond donors (Lipinski definition) is 1. The molecule has 3 rings (SSSR count). The van der Waals surface area contributed by atoms with E-state index in [0.717, 1.165) is 36.5 Å². The van der Waals surface area contributed by atoms with Gasteiger partial charge in [0.05, 0.1) is 12.7 Å². The Bertz CT molecular complexity index is 752. The second kappa shape index (κ2) is 8.04. The minimum atomic E-state index is 0.534. The normalized spacial score (nSPS) is 18.0. The van der Waals surface area contributed by atoms with Crippen molar-refractivity contribution < 1.29 is 0 Å². The van der Waals surface area contributed by atoms with Crippen LogP contribution in [0.1, 0.15) is 36.0 Å². The van der Waals surface area contributed by atoms with E-state index in [2.05, 4.69) is 69.5 Å². The number of aryl methyl sites for hydroxylation is 2. The average Bonchev–Trinajstić information content (AvgIpc) is 3.21. The monoisotopic (exact) mass is 403 g/mol. The Labute approximate surface area is 158 Å². The topological polar surface area (TPSA) is 45.5 Å². The number of nitrogens with zero attached hydrogens (tertiary/aromatic N) is 4. The fraction of sp³-hybridized carbons (Fsp3) is 0.474. The van der Waals surface area contributed by atoms with Crippen LogP contribution in [-0.4, -0.2) is 40.3 Å². The minimum absolute atomic E-state index is 0.534. The van der Waals surface area contributed by atoms with Gasteiger partial charge in [0, 0.05) is 43.3 Å². The Kier molecular flexibility index (Phi) is 5.78. The summed E-state index contributed by atoms with van der Waals surface area (Å²) in [5.74, 6) is 1.54. The smallest absolute Gasteiger partial charge is 0.194 e. The maximum absolute atomic E-state index is 4.88. The number of halogens is 1. The van der Waals surface area contributed by atoms with Gasteiger partial charge in [0.2, 0.25) is 0 Å². The van der Waals surface area contributed by atoms with Crippen molar-refractivity contribution >= 4 is 21.9 Å². The maximum atomic E-state index is 4.88. The maximum Gasteiger partial charge on any atom is 0.194 e. The van der Waals surface area contributed by atoms with Gasteiger partial charge < -0.3 is 10.2 Å². The van der Waals surface area contributed by atoms with Crippen LogP contribution in [0.15, 0.2) is 40.1 Å². The van der Waals surface area contributed by atoms with Crippen LogP contribution in [0, 0.1) is 6.92 Å². The number of rotatable bonds is 4. The molecule has 1 atom stereocenters. The van der Waals surface area contributed by atoms with Crippen molar-refractivity contribution in [2.45, 2.75) is 32.7 Å². The first-order valence-corrected chi connectivity index (χ1v) is 9.63. The van der Waals surface area contributed by atoms with Gasteiger partial charge in [-0.3, -0.25) is 4.68 Å². The lowest BCUT2D eigenvalue weighted by Crippen LogP contribution is -2.40. The molecular weight excluding hydrogens is 378 g/mol. The SMILES string of the molecule is CCNC(=NCc1ccc(Br)cc1C)N1CCC(c2cnn(C)c2)C1. The first-order valence-electron chi connectivity index (χ1n) is 8.83. The molecule has 1 aromatic heterocycles. The molecule has 0 bridgehead atoms. The highest BCUT2D eigenvalue weighted by Gasteiger charge is 2.26. The van der Waals surface area contributed by atoms with Gasteiger partial charge in [0.1, 0.15) is 0 Å². The zero-order valence-corrected chi connectivity index (χ0v) is 16.8. The number of aliphatic imine (C=N–C) groups is 1. The Morgan fingerprint density at radius 1 is 1.44 bits per heavy atom. The van der Waals surface area contributed by atoms with Crippen molar-refractivity contribution in [3.05, 3.63) is 51.8 Å². The molecule has 0 saturated carbocycles. The number of guanidine groups is 1. The molecular formula is C19H26BrN5. The van der Waals surface area contributed by atoms with Crippen molar-refractivity contribution in [1.82, 2.24) is 20.0 Å². The number of aromatic nitrogens is 2. The zero-order valence-electron chi connectivity index (χ0n) is 15.2. The third-order valence-corrected chi connectivity index (χ3v) is 5.22. The average molecular weight is 404 g/mol. The molecule has 2 heterocycles. The lowest BCUT2D eigenvalue weighted by molar-refractivity contribution is 0.486. The number of likely N-dealkylation sites (tertiary alicyclic amines) is 1. The molecule has 6 heteroatoms. The molecule has 1 saturated heterocycles. The summed E-state index contributed by atoms with van der Waals surface area (Å²) in [7, 11) is 1.97. The summed E-state index contributed by atoms with van der Waals surface area (Å²) < 4.78 is 3.00. The lowest BCUT2D eigenvalue weighted by atomic mass is 10.0. The summed E-state index contributed by atoms with van der Waals surface area (Å²) in [5, 5.41) is 7.76. The van der Waals surface area contributed by atoms with E-state index < -0.39 is 0 Å². The third kappa shape index (κ3) is 4.42. The van der Waals surface area contributed by atoms with E-state index in [4.69, 9.17) is 4.99 Å².